The van der Waals surface area contributed by atoms with Crippen molar-refractivity contribution < 1.29 is 49.8 Å². The zero-order chi connectivity index (χ0) is 26.7. The van der Waals surface area contributed by atoms with Crippen LogP contribution in [0, 0.1) is 11.2 Å². The van der Waals surface area contributed by atoms with Crippen molar-refractivity contribution in [1.29, 1.82) is 0 Å². The number of nitrogens with one attached hydrogen (secondary N) is 3. The van der Waals surface area contributed by atoms with Crippen molar-refractivity contribution >= 4 is 11.9 Å². The lowest BCUT2D eigenvalue weighted by Crippen LogP contribution is -2.51. The number of carbonyl (C=O) groups is 2. The topological polar surface area (TPSA) is 116 Å². The zero-order valence-corrected chi connectivity index (χ0v) is 18.4. The minimum Gasteiger partial charge on any atom is -0.475 e. The molecule has 1 amide bonds. The van der Waals surface area contributed by atoms with Gasteiger partial charge >= 0.3 is 18.3 Å². The Bertz CT molecular complexity index is 1090. The molecule has 8 nitrogen and oxygen atoms in total. The van der Waals surface area contributed by atoms with Crippen LogP contribution >= 0.6 is 0 Å². The molecule has 3 heterocycles. The van der Waals surface area contributed by atoms with Gasteiger partial charge in [-0.3, -0.25) is 10.1 Å². The van der Waals surface area contributed by atoms with Crippen LogP contribution in [0.2, 0.25) is 0 Å². The Kier molecular flexibility index (Phi) is 7.93. The highest BCUT2D eigenvalue weighted by atomic mass is 19.4. The number of aromatic nitrogens is 1. The molecule has 2 saturated heterocycles. The first kappa shape index (κ1) is 27.4. The first-order valence-corrected chi connectivity index (χ1v) is 10.6. The fourth-order valence-corrected chi connectivity index (χ4v) is 4.05. The second-order valence-electron chi connectivity index (χ2n) is 8.28. The summed E-state index contributed by atoms with van der Waals surface area (Å²) < 4.78 is 89.2. The van der Waals surface area contributed by atoms with Crippen LogP contribution in [0.5, 0.6) is 0 Å². The number of nitrogens with zero attached hydrogens (tertiary/aromatic N) is 1. The van der Waals surface area contributed by atoms with Crippen LogP contribution < -0.4 is 16.0 Å². The van der Waals surface area contributed by atoms with Gasteiger partial charge in [-0.2, -0.15) is 26.3 Å². The molecule has 0 aliphatic carbocycles. The maximum absolute atomic E-state index is 13.5. The molecule has 0 bridgehead atoms. The number of aliphatic carboxylic acids is 1. The molecule has 2 aliphatic rings. The lowest BCUT2D eigenvalue weighted by molar-refractivity contribution is -0.192. The number of carboxylic acids is 1. The molecule has 0 radical (unpaired) electrons. The zero-order valence-electron chi connectivity index (χ0n) is 18.4. The van der Waals surface area contributed by atoms with Crippen molar-refractivity contribution in [2.75, 3.05) is 19.6 Å². The highest BCUT2D eigenvalue weighted by Gasteiger charge is 2.48. The van der Waals surface area contributed by atoms with E-state index in [0.717, 1.165) is 32.0 Å². The van der Waals surface area contributed by atoms with E-state index in [1.807, 2.05) is 0 Å². The summed E-state index contributed by atoms with van der Waals surface area (Å²) in [5.41, 5.74) is -1.06. The highest BCUT2D eigenvalue weighted by Crippen LogP contribution is 2.36. The van der Waals surface area contributed by atoms with Crippen molar-refractivity contribution in [3.05, 3.63) is 41.5 Å². The summed E-state index contributed by atoms with van der Waals surface area (Å²) in [4.78, 5) is 25.4. The first-order valence-electron chi connectivity index (χ1n) is 10.6. The lowest BCUT2D eigenvalue weighted by atomic mass is 9.75. The molecule has 4 N–H and O–H groups in total. The molecule has 1 aromatic carbocycles. The number of oxazole rings is 1. The van der Waals surface area contributed by atoms with Gasteiger partial charge in [-0.1, -0.05) is 0 Å². The summed E-state index contributed by atoms with van der Waals surface area (Å²) in [6, 6.07) is 2.23. The van der Waals surface area contributed by atoms with E-state index in [2.05, 4.69) is 20.9 Å². The van der Waals surface area contributed by atoms with Gasteiger partial charge in [0, 0.05) is 24.1 Å². The molecule has 1 unspecified atom stereocenters. The molecule has 1 aromatic heterocycles. The summed E-state index contributed by atoms with van der Waals surface area (Å²) in [5, 5.41) is 16.5. The van der Waals surface area contributed by atoms with Crippen LogP contribution in [-0.2, 0) is 22.3 Å². The molecule has 1 atom stereocenters. The standard InChI is InChI=1S/C19H20F4N4O2.C2HF3O2/c20-14-2-1-11(7-13(14)19(21,22)23)17-27-12(9-29-17)8-25-15-16(28)26-10-18(15)3-5-24-6-4-18;3-2(4,5)1(6)7/h1-2,7,9,15,24-25H,3-6,8,10H2,(H,26,28);(H,6,7). The largest absolute Gasteiger partial charge is 0.490 e. The minimum atomic E-state index is -5.08. The van der Waals surface area contributed by atoms with Gasteiger partial charge in [-0.15, -0.1) is 0 Å². The molecular formula is C21H21F7N4O4. The summed E-state index contributed by atoms with van der Waals surface area (Å²) >= 11 is 0. The van der Waals surface area contributed by atoms with Gasteiger partial charge in [0.1, 0.15) is 12.1 Å². The van der Waals surface area contributed by atoms with Crippen LogP contribution in [0.1, 0.15) is 24.1 Å². The number of halogens is 7. The van der Waals surface area contributed by atoms with E-state index < -0.39 is 29.7 Å². The summed E-state index contributed by atoms with van der Waals surface area (Å²) in [6.07, 6.45) is -6.84. The molecule has 198 valence electrons. The average Bonchev–Trinajstić information content (AvgIpc) is 3.37. The number of hydrogen-bond acceptors (Lipinski definition) is 6. The molecule has 36 heavy (non-hydrogen) atoms. The van der Waals surface area contributed by atoms with Crippen LogP contribution in [0.25, 0.3) is 11.5 Å². The highest BCUT2D eigenvalue weighted by molar-refractivity contribution is 5.85. The molecule has 2 fully saturated rings. The Morgan fingerprint density at radius 3 is 2.42 bits per heavy atom. The van der Waals surface area contributed by atoms with Gasteiger partial charge in [-0.05, 0) is 44.1 Å². The average molecular weight is 526 g/mol. The molecule has 1 spiro atoms. The maximum Gasteiger partial charge on any atom is 0.490 e. The lowest BCUT2D eigenvalue weighted by Gasteiger charge is -2.37. The van der Waals surface area contributed by atoms with Gasteiger partial charge in [0.2, 0.25) is 11.8 Å². The van der Waals surface area contributed by atoms with Crippen molar-refractivity contribution in [2.45, 2.75) is 37.8 Å². The summed E-state index contributed by atoms with van der Waals surface area (Å²) in [6.45, 7) is 2.52. The predicted molar refractivity (Wildman–Crippen MR) is 109 cm³/mol. The molecule has 0 saturated carbocycles. The molecule has 4 rings (SSSR count). The maximum atomic E-state index is 13.5. The van der Waals surface area contributed by atoms with Crippen molar-refractivity contribution in [3.63, 3.8) is 0 Å². The van der Waals surface area contributed by atoms with E-state index in [9.17, 15) is 35.5 Å². The van der Waals surface area contributed by atoms with Crippen molar-refractivity contribution in [2.24, 2.45) is 5.41 Å². The number of carbonyl (C=O) groups excluding carboxylic acids is 1. The molecule has 2 aromatic rings. The SMILES string of the molecule is O=C(O)C(F)(F)F.O=C1NCC2(CCNCC2)C1NCc1coc(-c2ccc(F)c(C(F)(F)F)c2)n1. The summed E-state index contributed by atoms with van der Waals surface area (Å²) in [7, 11) is 0. The second-order valence-corrected chi connectivity index (χ2v) is 8.28. The van der Waals surface area contributed by atoms with Crippen molar-refractivity contribution in [1.82, 2.24) is 20.9 Å². The third-order valence-corrected chi connectivity index (χ3v) is 5.89. The Labute approximate surface area is 199 Å². The van der Waals surface area contributed by atoms with Gasteiger partial charge in [-0.25, -0.2) is 14.2 Å². The fourth-order valence-electron chi connectivity index (χ4n) is 4.05. The first-order chi connectivity index (χ1) is 16.7. The second kappa shape index (κ2) is 10.4. The minimum absolute atomic E-state index is 0.0263. The Balaban J connectivity index is 0.000000454. The van der Waals surface area contributed by atoms with E-state index in [-0.39, 0.29) is 35.4 Å². The number of rotatable bonds is 4. The van der Waals surface area contributed by atoms with E-state index >= 15 is 0 Å². The number of alkyl halides is 6. The number of amides is 1. The van der Waals surface area contributed by atoms with Crippen LogP contribution in [-0.4, -0.2) is 53.8 Å². The fraction of sp³-hybridized carbons (Fsp3) is 0.476. The Morgan fingerprint density at radius 1 is 1.19 bits per heavy atom. The van der Waals surface area contributed by atoms with E-state index in [1.54, 1.807) is 0 Å². The Morgan fingerprint density at radius 2 is 1.83 bits per heavy atom. The van der Waals surface area contributed by atoms with Crippen LogP contribution in [0.4, 0.5) is 30.7 Å². The monoisotopic (exact) mass is 526 g/mol. The van der Waals surface area contributed by atoms with Crippen LogP contribution in [0.3, 0.4) is 0 Å². The van der Waals surface area contributed by atoms with Gasteiger partial charge in [0.25, 0.3) is 0 Å². The predicted octanol–water partition coefficient (Wildman–Crippen LogP) is 3.09. The van der Waals surface area contributed by atoms with E-state index in [0.29, 0.717) is 18.3 Å². The van der Waals surface area contributed by atoms with Gasteiger partial charge in [0.15, 0.2) is 0 Å². The third-order valence-electron chi connectivity index (χ3n) is 5.89. The van der Waals surface area contributed by atoms with E-state index in [1.165, 1.54) is 12.3 Å². The normalized spacial score (nSPS) is 19.5. The quantitative estimate of drug-likeness (QED) is 0.453. The van der Waals surface area contributed by atoms with Gasteiger partial charge < -0.3 is 20.2 Å². The van der Waals surface area contributed by atoms with Crippen LogP contribution in [0.15, 0.2) is 28.9 Å². The smallest absolute Gasteiger partial charge is 0.475 e. The Hall–Kier alpha value is -3.20. The number of carboxylic acid groups (broad SMARTS) is 1. The summed E-state index contributed by atoms with van der Waals surface area (Å²) in [5.74, 6) is -4.22. The van der Waals surface area contributed by atoms with E-state index in [4.69, 9.17) is 14.3 Å². The molecule has 15 heteroatoms. The molecule has 2 aliphatic heterocycles. The number of benzene rings is 1. The van der Waals surface area contributed by atoms with Gasteiger partial charge in [0.05, 0.1) is 17.3 Å². The molecular weight excluding hydrogens is 505 g/mol. The number of hydrogen-bond donors (Lipinski definition) is 4. The van der Waals surface area contributed by atoms with Crippen molar-refractivity contribution in [3.8, 4) is 11.5 Å². The third kappa shape index (κ3) is 6.32. The number of piperidine rings is 1.